The lowest BCUT2D eigenvalue weighted by Crippen LogP contribution is -2.03. The quantitative estimate of drug-likeness (QED) is 0.709. The molecule has 98 valence electrons. The first-order chi connectivity index (χ1) is 9.24. The standard InChI is InChI=1S/C16H15BrOS/c17-14-7-4-8-16(11-14)19-12-15(18)10-9-13-5-2-1-3-6-13/h1-8,11H,9-10,12H2. The van der Waals surface area contributed by atoms with Gasteiger partial charge in [0.05, 0.1) is 5.75 Å². The molecule has 0 N–H and O–H groups in total. The van der Waals surface area contributed by atoms with Crippen molar-refractivity contribution in [3.63, 3.8) is 0 Å². The van der Waals surface area contributed by atoms with Crippen molar-refractivity contribution in [3.8, 4) is 0 Å². The molecule has 0 heterocycles. The molecule has 0 unspecified atom stereocenters. The monoisotopic (exact) mass is 334 g/mol. The van der Waals surface area contributed by atoms with Crippen molar-refractivity contribution in [3.05, 3.63) is 64.6 Å². The first-order valence-corrected chi connectivity index (χ1v) is 7.96. The van der Waals surface area contributed by atoms with Crippen LogP contribution in [0.4, 0.5) is 0 Å². The van der Waals surface area contributed by atoms with E-state index >= 15 is 0 Å². The fraction of sp³-hybridized carbons (Fsp3) is 0.188. The molecule has 0 bridgehead atoms. The van der Waals surface area contributed by atoms with Crippen LogP contribution in [-0.4, -0.2) is 11.5 Å². The SMILES string of the molecule is O=C(CCc1ccccc1)CSc1cccc(Br)c1. The molecule has 2 rings (SSSR count). The van der Waals surface area contributed by atoms with E-state index in [4.69, 9.17) is 0 Å². The molecular formula is C16H15BrOS. The van der Waals surface area contributed by atoms with Crippen molar-refractivity contribution < 1.29 is 4.79 Å². The minimum absolute atomic E-state index is 0.300. The van der Waals surface area contributed by atoms with E-state index in [1.54, 1.807) is 11.8 Å². The van der Waals surface area contributed by atoms with Crippen LogP contribution >= 0.6 is 27.7 Å². The molecule has 3 heteroatoms. The number of halogens is 1. The molecule has 0 fully saturated rings. The van der Waals surface area contributed by atoms with Crippen LogP contribution in [0.3, 0.4) is 0 Å². The number of Topliss-reactive ketones (excluding diaryl/α,β-unsaturated/α-hetero) is 1. The average Bonchev–Trinajstić information content (AvgIpc) is 2.44. The van der Waals surface area contributed by atoms with E-state index < -0.39 is 0 Å². The third-order valence-electron chi connectivity index (χ3n) is 2.73. The second kappa shape index (κ2) is 7.51. The van der Waals surface area contributed by atoms with E-state index in [2.05, 4.69) is 28.1 Å². The molecule has 0 spiro atoms. The Hall–Kier alpha value is -1.06. The van der Waals surface area contributed by atoms with Crippen LogP contribution < -0.4 is 0 Å². The Morgan fingerprint density at radius 2 is 1.84 bits per heavy atom. The van der Waals surface area contributed by atoms with E-state index in [0.717, 1.165) is 15.8 Å². The summed E-state index contributed by atoms with van der Waals surface area (Å²) in [4.78, 5) is 13.0. The van der Waals surface area contributed by atoms with E-state index in [1.807, 2.05) is 42.5 Å². The average molecular weight is 335 g/mol. The lowest BCUT2D eigenvalue weighted by Gasteiger charge is -2.03. The van der Waals surface area contributed by atoms with Gasteiger partial charge in [-0.15, -0.1) is 11.8 Å². The van der Waals surface area contributed by atoms with Gasteiger partial charge in [0.1, 0.15) is 5.78 Å². The maximum atomic E-state index is 11.8. The first kappa shape index (κ1) is 14.4. The summed E-state index contributed by atoms with van der Waals surface area (Å²) in [7, 11) is 0. The Kier molecular flexibility index (Phi) is 5.67. The molecule has 0 saturated heterocycles. The number of carbonyl (C=O) groups is 1. The summed E-state index contributed by atoms with van der Waals surface area (Å²) < 4.78 is 1.05. The van der Waals surface area contributed by atoms with E-state index in [9.17, 15) is 4.79 Å². The fourth-order valence-corrected chi connectivity index (χ4v) is 3.13. The maximum absolute atomic E-state index is 11.8. The highest BCUT2D eigenvalue weighted by Gasteiger charge is 2.04. The van der Waals surface area contributed by atoms with Gasteiger partial charge >= 0.3 is 0 Å². The number of aryl methyl sites for hydroxylation is 1. The van der Waals surface area contributed by atoms with Crippen LogP contribution in [0.2, 0.25) is 0 Å². The zero-order valence-electron chi connectivity index (χ0n) is 10.5. The second-order valence-corrected chi connectivity index (χ2v) is 6.23. The predicted octanol–water partition coefficient (Wildman–Crippen LogP) is 4.74. The largest absolute Gasteiger partial charge is 0.299 e. The summed E-state index contributed by atoms with van der Waals surface area (Å²) in [6, 6.07) is 18.2. The topological polar surface area (TPSA) is 17.1 Å². The van der Waals surface area contributed by atoms with E-state index in [-0.39, 0.29) is 0 Å². The lowest BCUT2D eigenvalue weighted by molar-refractivity contribution is -0.116. The predicted molar refractivity (Wildman–Crippen MR) is 84.6 cm³/mol. The van der Waals surface area contributed by atoms with Crippen LogP contribution in [0, 0.1) is 0 Å². The number of hydrogen-bond acceptors (Lipinski definition) is 2. The molecule has 0 atom stereocenters. The molecule has 0 aliphatic carbocycles. The Bertz CT molecular complexity index is 539. The van der Waals surface area contributed by atoms with Gasteiger partial charge in [0.15, 0.2) is 0 Å². The highest BCUT2D eigenvalue weighted by atomic mass is 79.9. The number of rotatable bonds is 6. The molecule has 0 aliphatic rings. The Balaban J connectivity index is 1.76. The van der Waals surface area contributed by atoms with Crippen LogP contribution in [0.15, 0.2) is 64.0 Å². The van der Waals surface area contributed by atoms with Gasteiger partial charge < -0.3 is 0 Å². The molecule has 0 radical (unpaired) electrons. The van der Waals surface area contributed by atoms with Crippen molar-refractivity contribution in [2.75, 3.05) is 5.75 Å². The third kappa shape index (κ3) is 5.21. The molecule has 0 aliphatic heterocycles. The highest BCUT2D eigenvalue weighted by Crippen LogP contribution is 2.22. The van der Waals surface area contributed by atoms with Gasteiger partial charge in [-0.2, -0.15) is 0 Å². The number of hydrogen-bond donors (Lipinski definition) is 0. The van der Waals surface area contributed by atoms with Crippen LogP contribution in [0.25, 0.3) is 0 Å². The van der Waals surface area contributed by atoms with Gasteiger partial charge in [-0.1, -0.05) is 52.3 Å². The summed E-state index contributed by atoms with van der Waals surface area (Å²) in [5.74, 6) is 0.845. The molecule has 2 aromatic rings. The van der Waals surface area contributed by atoms with Gasteiger partial charge in [0, 0.05) is 15.8 Å². The minimum atomic E-state index is 0.300. The molecule has 0 amide bonds. The summed E-state index contributed by atoms with van der Waals surface area (Å²) >= 11 is 5.03. The summed E-state index contributed by atoms with van der Waals surface area (Å²) in [6.45, 7) is 0. The summed E-state index contributed by atoms with van der Waals surface area (Å²) in [6.07, 6.45) is 1.45. The van der Waals surface area contributed by atoms with Crippen LogP contribution in [0.1, 0.15) is 12.0 Å². The van der Waals surface area contributed by atoms with Crippen molar-refractivity contribution in [2.45, 2.75) is 17.7 Å². The Labute approximate surface area is 126 Å². The van der Waals surface area contributed by atoms with E-state index in [1.165, 1.54) is 5.56 Å². The van der Waals surface area contributed by atoms with E-state index in [0.29, 0.717) is 18.0 Å². The molecule has 0 saturated carbocycles. The van der Waals surface area contributed by atoms with Crippen LogP contribution in [-0.2, 0) is 11.2 Å². The normalized spacial score (nSPS) is 10.4. The number of carbonyl (C=O) groups excluding carboxylic acids is 1. The summed E-state index contributed by atoms with van der Waals surface area (Å²) in [5.41, 5.74) is 1.23. The first-order valence-electron chi connectivity index (χ1n) is 6.18. The van der Waals surface area contributed by atoms with Crippen molar-refractivity contribution in [1.82, 2.24) is 0 Å². The van der Waals surface area contributed by atoms with Gasteiger partial charge in [0.2, 0.25) is 0 Å². The zero-order chi connectivity index (χ0) is 13.5. The number of ketones is 1. The number of thioether (sulfide) groups is 1. The smallest absolute Gasteiger partial charge is 0.143 e. The Morgan fingerprint density at radius 1 is 1.05 bits per heavy atom. The van der Waals surface area contributed by atoms with Gasteiger partial charge in [-0.3, -0.25) is 4.79 Å². The number of benzene rings is 2. The fourth-order valence-electron chi connectivity index (χ4n) is 1.72. The van der Waals surface area contributed by atoms with Gasteiger partial charge in [-0.05, 0) is 30.2 Å². The third-order valence-corrected chi connectivity index (χ3v) is 4.28. The molecule has 2 aromatic carbocycles. The van der Waals surface area contributed by atoms with Crippen molar-refractivity contribution >= 4 is 33.5 Å². The van der Waals surface area contributed by atoms with Gasteiger partial charge in [0.25, 0.3) is 0 Å². The highest BCUT2D eigenvalue weighted by molar-refractivity contribution is 9.10. The lowest BCUT2D eigenvalue weighted by atomic mass is 10.1. The molecule has 19 heavy (non-hydrogen) atoms. The molecule has 0 aromatic heterocycles. The van der Waals surface area contributed by atoms with Crippen molar-refractivity contribution in [1.29, 1.82) is 0 Å². The molecular weight excluding hydrogens is 320 g/mol. The molecule has 1 nitrogen and oxygen atoms in total. The summed E-state index contributed by atoms with van der Waals surface area (Å²) in [5, 5.41) is 0. The zero-order valence-corrected chi connectivity index (χ0v) is 12.9. The Morgan fingerprint density at radius 3 is 2.58 bits per heavy atom. The minimum Gasteiger partial charge on any atom is -0.299 e. The van der Waals surface area contributed by atoms with Gasteiger partial charge in [-0.25, -0.2) is 0 Å². The van der Waals surface area contributed by atoms with Crippen molar-refractivity contribution in [2.24, 2.45) is 0 Å². The second-order valence-electron chi connectivity index (χ2n) is 4.27. The van der Waals surface area contributed by atoms with Crippen LogP contribution in [0.5, 0.6) is 0 Å². The maximum Gasteiger partial charge on any atom is 0.143 e.